The van der Waals surface area contributed by atoms with Gasteiger partial charge in [-0.3, -0.25) is 9.69 Å². The van der Waals surface area contributed by atoms with Crippen LogP contribution in [0.1, 0.15) is 16.7 Å². The number of amides is 1. The fourth-order valence-electron chi connectivity index (χ4n) is 3.52. The Balaban J connectivity index is 1.59. The average Bonchev–Trinajstić information content (AvgIpc) is 3.35. The van der Waals surface area contributed by atoms with Crippen LogP contribution in [0.3, 0.4) is 0 Å². The zero-order valence-corrected chi connectivity index (χ0v) is 18.0. The number of para-hydroxylation sites is 2. The third kappa shape index (κ3) is 3.70. The van der Waals surface area contributed by atoms with E-state index >= 15 is 0 Å². The normalized spacial score (nSPS) is 17.7. The Kier molecular flexibility index (Phi) is 5.00. The van der Waals surface area contributed by atoms with Gasteiger partial charge in [0.2, 0.25) is 6.79 Å². The molecule has 0 atom stereocenters. The van der Waals surface area contributed by atoms with E-state index in [-0.39, 0.29) is 12.7 Å². The van der Waals surface area contributed by atoms with Crippen molar-refractivity contribution in [3.63, 3.8) is 0 Å². The molecule has 2 heterocycles. The molecule has 154 valence electrons. The molecule has 0 aliphatic carbocycles. The first-order valence-electron chi connectivity index (χ1n) is 9.94. The van der Waals surface area contributed by atoms with Gasteiger partial charge < -0.3 is 9.47 Å². The van der Waals surface area contributed by atoms with E-state index in [2.05, 4.69) is 0 Å². The first kappa shape index (κ1) is 19.5. The van der Waals surface area contributed by atoms with Crippen LogP contribution in [0.25, 0.3) is 6.08 Å². The summed E-state index contributed by atoms with van der Waals surface area (Å²) in [5, 5.41) is 0.639. The fraction of sp³-hybridized carbons (Fsp3) is 0.120. The van der Waals surface area contributed by atoms with Gasteiger partial charge in [0.25, 0.3) is 5.91 Å². The number of hydrogen-bond donors (Lipinski definition) is 0. The van der Waals surface area contributed by atoms with Crippen molar-refractivity contribution >= 4 is 40.3 Å². The van der Waals surface area contributed by atoms with Gasteiger partial charge in [-0.15, -0.1) is 0 Å². The van der Waals surface area contributed by atoms with Crippen molar-refractivity contribution in [3.05, 3.63) is 88.3 Å². The predicted octanol–water partition coefficient (Wildman–Crippen LogP) is 5.84. The molecule has 31 heavy (non-hydrogen) atoms. The molecule has 1 amide bonds. The Labute approximate surface area is 185 Å². The number of carbonyl (C=O) groups is 1. The van der Waals surface area contributed by atoms with E-state index in [9.17, 15) is 4.79 Å². The minimum absolute atomic E-state index is 0.0932. The van der Waals surface area contributed by atoms with Gasteiger partial charge in [0.15, 0.2) is 16.7 Å². The number of fused-ring (bicyclic) bond motifs is 1. The van der Waals surface area contributed by atoms with Crippen molar-refractivity contribution in [2.45, 2.75) is 13.8 Å². The van der Waals surface area contributed by atoms with Gasteiger partial charge in [0.05, 0.1) is 16.3 Å². The molecule has 2 aliphatic rings. The van der Waals surface area contributed by atoms with Gasteiger partial charge in [0, 0.05) is 0 Å². The number of nitrogens with zero attached hydrogens (tertiary/aromatic N) is 2. The largest absolute Gasteiger partial charge is 0.454 e. The molecule has 1 saturated heterocycles. The molecule has 0 N–H and O–H groups in total. The lowest BCUT2D eigenvalue weighted by molar-refractivity contribution is -0.113. The van der Waals surface area contributed by atoms with E-state index in [1.807, 2.05) is 86.7 Å². The Morgan fingerprint density at radius 1 is 0.935 bits per heavy atom. The number of aryl methyl sites for hydroxylation is 2. The highest BCUT2D eigenvalue weighted by Gasteiger charge is 2.35. The molecule has 2 aliphatic heterocycles. The van der Waals surface area contributed by atoms with E-state index in [1.54, 1.807) is 4.90 Å². The van der Waals surface area contributed by atoms with Crippen LogP contribution < -0.4 is 14.4 Å². The maximum absolute atomic E-state index is 13.5. The van der Waals surface area contributed by atoms with Gasteiger partial charge in [-0.05, 0) is 72.6 Å². The molecule has 0 bridgehead atoms. The third-order valence-corrected chi connectivity index (χ3v) is 6.16. The van der Waals surface area contributed by atoms with E-state index < -0.39 is 0 Å². The molecule has 0 spiro atoms. The van der Waals surface area contributed by atoms with Gasteiger partial charge in [-0.2, -0.15) is 0 Å². The standard InChI is InChI=1S/C25H20N2O3S/c1-16-7-3-5-9-19(16)26-25-27(20-10-6-4-8-17(20)2)24(28)23(31-25)14-18-11-12-21-22(13-18)30-15-29-21/h3-14H,15H2,1-2H3/b23-14+,26-25?. The molecule has 5 nitrogen and oxygen atoms in total. The van der Waals surface area contributed by atoms with Crippen LogP contribution in [0.2, 0.25) is 0 Å². The summed E-state index contributed by atoms with van der Waals surface area (Å²) in [6, 6.07) is 21.4. The third-order valence-electron chi connectivity index (χ3n) is 5.19. The molecule has 1 fully saturated rings. The molecule has 0 unspecified atom stereocenters. The lowest BCUT2D eigenvalue weighted by Crippen LogP contribution is -2.29. The minimum Gasteiger partial charge on any atom is -0.454 e. The Bertz CT molecular complexity index is 1250. The second-order valence-corrected chi connectivity index (χ2v) is 8.34. The smallest absolute Gasteiger partial charge is 0.271 e. The number of carbonyl (C=O) groups excluding carboxylic acids is 1. The Hall–Kier alpha value is -3.51. The fourth-order valence-corrected chi connectivity index (χ4v) is 4.51. The lowest BCUT2D eigenvalue weighted by atomic mass is 10.1. The maximum Gasteiger partial charge on any atom is 0.271 e. The summed E-state index contributed by atoms with van der Waals surface area (Å²) in [5.74, 6) is 1.31. The number of amidine groups is 1. The summed E-state index contributed by atoms with van der Waals surface area (Å²) < 4.78 is 10.9. The van der Waals surface area contributed by atoms with Crippen LogP contribution in [0, 0.1) is 13.8 Å². The number of ether oxygens (including phenoxy) is 2. The predicted molar refractivity (Wildman–Crippen MR) is 125 cm³/mol. The summed E-state index contributed by atoms with van der Waals surface area (Å²) in [4.78, 5) is 20.6. The molecule has 0 aromatic heterocycles. The van der Waals surface area contributed by atoms with Gasteiger partial charge >= 0.3 is 0 Å². The van der Waals surface area contributed by atoms with Crippen LogP contribution in [0.4, 0.5) is 11.4 Å². The van der Waals surface area contributed by atoms with Crippen LogP contribution in [-0.4, -0.2) is 17.9 Å². The molecule has 0 saturated carbocycles. The topological polar surface area (TPSA) is 51.1 Å². The average molecular weight is 429 g/mol. The summed E-state index contributed by atoms with van der Waals surface area (Å²) in [6.07, 6.45) is 1.88. The van der Waals surface area contributed by atoms with E-state index in [0.717, 1.165) is 33.8 Å². The van der Waals surface area contributed by atoms with Crippen molar-refractivity contribution in [1.82, 2.24) is 0 Å². The summed E-state index contributed by atoms with van der Waals surface area (Å²) in [6.45, 7) is 4.23. The van der Waals surface area contributed by atoms with E-state index in [1.165, 1.54) is 11.8 Å². The molecule has 5 rings (SSSR count). The van der Waals surface area contributed by atoms with Crippen LogP contribution in [-0.2, 0) is 4.79 Å². The summed E-state index contributed by atoms with van der Waals surface area (Å²) in [5.41, 5.74) is 4.63. The number of thioether (sulfide) groups is 1. The Morgan fingerprint density at radius 3 is 2.48 bits per heavy atom. The van der Waals surface area contributed by atoms with Crippen molar-refractivity contribution in [1.29, 1.82) is 0 Å². The quantitative estimate of drug-likeness (QED) is 0.492. The van der Waals surface area contributed by atoms with Crippen molar-refractivity contribution in [3.8, 4) is 11.5 Å². The highest BCUT2D eigenvalue weighted by molar-refractivity contribution is 8.19. The molecule has 0 radical (unpaired) electrons. The van der Waals surface area contributed by atoms with Gasteiger partial charge in [0.1, 0.15) is 0 Å². The molecule has 3 aromatic rings. The Morgan fingerprint density at radius 2 is 1.68 bits per heavy atom. The molecule has 3 aromatic carbocycles. The number of anilines is 1. The van der Waals surface area contributed by atoms with Crippen LogP contribution in [0.5, 0.6) is 11.5 Å². The molecular weight excluding hydrogens is 408 g/mol. The number of benzene rings is 3. The van der Waals surface area contributed by atoms with E-state index in [0.29, 0.717) is 15.8 Å². The van der Waals surface area contributed by atoms with Crippen LogP contribution >= 0.6 is 11.8 Å². The molecular formula is C25H20N2O3S. The monoisotopic (exact) mass is 428 g/mol. The summed E-state index contributed by atoms with van der Waals surface area (Å²) >= 11 is 1.38. The second kappa shape index (κ2) is 7.96. The lowest BCUT2D eigenvalue weighted by Gasteiger charge is -2.18. The second-order valence-electron chi connectivity index (χ2n) is 7.33. The minimum atomic E-state index is -0.0932. The summed E-state index contributed by atoms with van der Waals surface area (Å²) in [7, 11) is 0. The zero-order chi connectivity index (χ0) is 21.4. The van der Waals surface area contributed by atoms with Crippen LogP contribution in [0.15, 0.2) is 76.6 Å². The highest BCUT2D eigenvalue weighted by atomic mass is 32.2. The molecule has 6 heteroatoms. The number of rotatable bonds is 3. The number of hydrogen-bond acceptors (Lipinski definition) is 5. The van der Waals surface area contributed by atoms with Crippen molar-refractivity contribution in [2.24, 2.45) is 4.99 Å². The van der Waals surface area contributed by atoms with E-state index in [4.69, 9.17) is 14.5 Å². The first-order valence-corrected chi connectivity index (χ1v) is 10.8. The number of aliphatic imine (C=N–C) groups is 1. The SMILES string of the molecule is Cc1ccccc1N=C1S/C(=C/c2ccc3c(c2)OCO3)C(=O)N1c1ccccc1C. The first-order chi connectivity index (χ1) is 15.1. The van der Waals surface area contributed by atoms with Crippen molar-refractivity contribution < 1.29 is 14.3 Å². The van der Waals surface area contributed by atoms with Crippen molar-refractivity contribution in [2.75, 3.05) is 11.7 Å². The van der Waals surface area contributed by atoms with Gasteiger partial charge in [-0.25, -0.2) is 4.99 Å². The highest BCUT2D eigenvalue weighted by Crippen LogP contribution is 2.40. The van der Waals surface area contributed by atoms with Gasteiger partial charge in [-0.1, -0.05) is 42.5 Å². The maximum atomic E-state index is 13.5. The zero-order valence-electron chi connectivity index (χ0n) is 17.2.